The van der Waals surface area contributed by atoms with Gasteiger partial charge in [-0.1, -0.05) is 27.7 Å². The Morgan fingerprint density at radius 2 is 1.94 bits per heavy atom. The summed E-state index contributed by atoms with van der Waals surface area (Å²) in [6, 6.07) is 0. The second-order valence-corrected chi connectivity index (χ2v) is 6.32. The molecule has 1 aliphatic rings. The van der Waals surface area contributed by atoms with Crippen molar-refractivity contribution < 1.29 is 4.79 Å². The number of rotatable bonds is 5. The molecule has 0 aromatic carbocycles. The number of hydrogen-bond acceptors (Lipinski definition) is 3. The maximum atomic E-state index is 11.9. The van der Waals surface area contributed by atoms with E-state index in [4.69, 9.17) is 0 Å². The zero-order valence-corrected chi connectivity index (χ0v) is 12.4. The molecule has 4 nitrogen and oxygen atoms in total. The molecule has 0 saturated carbocycles. The van der Waals surface area contributed by atoms with Crippen LogP contribution in [-0.2, 0) is 4.79 Å². The third-order valence-corrected chi connectivity index (χ3v) is 3.85. The first-order valence-corrected chi connectivity index (χ1v) is 7.12. The highest BCUT2D eigenvalue weighted by molar-refractivity contribution is 5.78. The highest BCUT2D eigenvalue weighted by Gasteiger charge is 2.26. The third-order valence-electron chi connectivity index (χ3n) is 3.85. The summed E-state index contributed by atoms with van der Waals surface area (Å²) in [6.07, 6.45) is 1.04. The number of amides is 1. The van der Waals surface area contributed by atoms with Crippen LogP contribution in [0.15, 0.2) is 0 Å². The van der Waals surface area contributed by atoms with Crippen LogP contribution in [0.5, 0.6) is 0 Å². The van der Waals surface area contributed by atoms with E-state index in [1.165, 1.54) is 0 Å². The Kier molecular flexibility index (Phi) is 6.09. The molecule has 1 aliphatic heterocycles. The van der Waals surface area contributed by atoms with Crippen LogP contribution >= 0.6 is 0 Å². The van der Waals surface area contributed by atoms with Gasteiger partial charge in [0.15, 0.2) is 0 Å². The van der Waals surface area contributed by atoms with Crippen molar-refractivity contribution in [3.8, 4) is 0 Å². The van der Waals surface area contributed by atoms with E-state index in [-0.39, 0.29) is 17.2 Å². The highest BCUT2D eigenvalue weighted by atomic mass is 16.1. The molecule has 1 heterocycles. The molecule has 4 heteroatoms. The summed E-state index contributed by atoms with van der Waals surface area (Å²) in [4.78, 5) is 14.4. The lowest BCUT2D eigenvalue weighted by Gasteiger charge is -2.28. The van der Waals surface area contributed by atoms with Gasteiger partial charge in [0, 0.05) is 38.6 Å². The quantitative estimate of drug-likeness (QED) is 0.723. The fraction of sp³-hybridized carbons (Fsp3) is 0.929. The van der Waals surface area contributed by atoms with Gasteiger partial charge in [-0.05, 0) is 18.4 Å². The number of nitrogens with zero attached hydrogens (tertiary/aromatic N) is 1. The van der Waals surface area contributed by atoms with Gasteiger partial charge >= 0.3 is 0 Å². The van der Waals surface area contributed by atoms with E-state index < -0.39 is 0 Å². The van der Waals surface area contributed by atoms with E-state index in [1.54, 1.807) is 0 Å². The first-order chi connectivity index (χ1) is 8.41. The molecular formula is C14H29N3O. The minimum Gasteiger partial charge on any atom is -0.356 e. The molecule has 18 heavy (non-hydrogen) atoms. The van der Waals surface area contributed by atoms with Crippen molar-refractivity contribution in [2.75, 3.05) is 39.3 Å². The maximum absolute atomic E-state index is 11.9. The largest absolute Gasteiger partial charge is 0.356 e. The average Bonchev–Trinajstić information content (AvgIpc) is 2.33. The predicted octanol–water partition coefficient (Wildman–Crippen LogP) is 1.08. The molecule has 1 atom stereocenters. The van der Waals surface area contributed by atoms with Crippen molar-refractivity contribution in [2.45, 2.75) is 34.1 Å². The Bertz CT molecular complexity index is 254. The Balaban J connectivity index is 2.11. The Morgan fingerprint density at radius 3 is 2.50 bits per heavy atom. The minimum atomic E-state index is 0.0443. The molecule has 0 bridgehead atoms. The van der Waals surface area contributed by atoms with E-state index in [9.17, 15) is 4.79 Å². The topological polar surface area (TPSA) is 44.4 Å². The molecule has 1 amide bonds. The van der Waals surface area contributed by atoms with Crippen LogP contribution in [-0.4, -0.2) is 50.1 Å². The molecule has 0 aliphatic carbocycles. The van der Waals surface area contributed by atoms with Gasteiger partial charge in [0.05, 0.1) is 0 Å². The van der Waals surface area contributed by atoms with Gasteiger partial charge in [-0.15, -0.1) is 0 Å². The third kappa shape index (κ3) is 5.36. The van der Waals surface area contributed by atoms with Gasteiger partial charge in [0.1, 0.15) is 0 Å². The molecule has 1 fully saturated rings. The van der Waals surface area contributed by atoms with Gasteiger partial charge in [0.2, 0.25) is 5.91 Å². The van der Waals surface area contributed by atoms with Crippen molar-refractivity contribution >= 4 is 5.91 Å². The first kappa shape index (κ1) is 15.4. The standard InChI is InChI=1S/C14H29N3O/c1-12(14(2,3)4)13(18)16-6-5-9-17-10-7-15-8-11-17/h12,15H,5-11H2,1-4H3,(H,16,18). The monoisotopic (exact) mass is 255 g/mol. The molecular weight excluding hydrogens is 226 g/mol. The van der Waals surface area contributed by atoms with Crippen molar-refractivity contribution in [3.63, 3.8) is 0 Å². The summed E-state index contributed by atoms with van der Waals surface area (Å²) < 4.78 is 0. The molecule has 0 radical (unpaired) electrons. The van der Waals surface area contributed by atoms with E-state index in [1.807, 2.05) is 6.92 Å². The van der Waals surface area contributed by atoms with Crippen LogP contribution in [0.4, 0.5) is 0 Å². The number of carbonyl (C=O) groups excluding carboxylic acids is 1. The molecule has 0 aromatic heterocycles. The van der Waals surface area contributed by atoms with Gasteiger partial charge in [-0.25, -0.2) is 0 Å². The Hall–Kier alpha value is -0.610. The second-order valence-electron chi connectivity index (χ2n) is 6.32. The maximum Gasteiger partial charge on any atom is 0.223 e. The minimum absolute atomic E-state index is 0.0443. The van der Waals surface area contributed by atoms with Crippen molar-refractivity contribution in [1.29, 1.82) is 0 Å². The van der Waals surface area contributed by atoms with E-state index in [0.717, 1.165) is 45.7 Å². The smallest absolute Gasteiger partial charge is 0.223 e. The van der Waals surface area contributed by atoms with E-state index >= 15 is 0 Å². The predicted molar refractivity (Wildman–Crippen MR) is 75.6 cm³/mol. The lowest BCUT2D eigenvalue weighted by atomic mass is 9.81. The summed E-state index contributed by atoms with van der Waals surface area (Å²) in [5, 5.41) is 6.39. The molecule has 2 N–H and O–H groups in total. The Labute approximate surface area is 111 Å². The van der Waals surface area contributed by atoms with Crippen LogP contribution in [0.1, 0.15) is 34.1 Å². The first-order valence-electron chi connectivity index (χ1n) is 7.12. The van der Waals surface area contributed by atoms with Crippen molar-refractivity contribution in [2.24, 2.45) is 11.3 Å². The van der Waals surface area contributed by atoms with Crippen LogP contribution in [0.2, 0.25) is 0 Å². The summed E-state index contributed by atoms with van der Waals surface area (Å²) in [6.45, 7) is 14.7. The van der Waals surface area contributed by atoms with Gasteiger partial charge in [0.25, 0.3) is 0 Å². The number of hydrogen-bond donors (Lipinski definition) is 2. The Morgan fingerprint density at radius 1 is 1.33 bits per heavy atom. The van der Waals surface area contributed by atoms with Crippen LogP contribution < -0.4 is 10.6 Å². The highest BCUT2D eigenvalue weighted by Crippen LogP contribution is 2.25. The summed E-state index contributed by atoms with van der Waals surface area (Å²) in [7, 11) is 0. The molecule has 1 rings (SSSR count). The zero-order chi connectivity index (χ0) is 13.6. The number of piperazine rings is 1. The van der Waals surface area contributed by atoms with E-state index in [2.05, 4.69) is 36.3 Å². The lowest BCUT2D eigenvalue weighted by Crippen LogP contribution is -2.44. The summed E-state index contributed by atoms with van der Waals surface area (Å²) in [5.41, 5.74) is 0.0443. The number of carbonyl (C=O) groups is 1. The summed E-state index contributed by atoms with van der Waals surface area (Å²) >= 11 is 0. The molecule has 1 unspecified atom stereocenters. The SMILES string of the molecule is CC(C(=O)NCCCN1CCNCC1)C(C)(C)C. The normalized spacial score (nSPS) is 19.6. The number of nitrogens with one attached hydrogen (secondary N) is 2. The lowest BCUT2D eigenvalue weighted by molar-refractivity contribution is -0.127. The molecule has 1 saturated heterocycles. The molecule has 0 aromatic rings. The molecule has 0 spiro atoms. The van der Waals surface area contributed by atoms with Crippen LogP contribution in [0, 0.1) is 11.3 Å². The average molecular weight is 255 g/mol. The van der Waals surface area contributed by atoms with E-state index in [0.29, 0.717) is 0 Å². The van der Waals surface area contributed by atoms with Gasteiger partial charge < -0.3 is 15.5 Å². The van der Waals surface area contributed by atoms with Gasteiger partial charge in [-0.2, -0.15) is 0 Å². The van der Waals surface area contributed by atoms with Gasteiger partial charge in [-0.3, -0.25) is 4.79 Å². The second kappa shape index (κ2) is 7.10. The van der Waals surface area contributed by atoms with Crippen LogP contribution in [0.25, 0.3) is 0 Å². The fourth-order valence-corrected chi connectivity index (χ4v) is 2.00. The summed E-state index contributed by atoms with van der Waals surface area (Å²) in [5.74, 6) is 0.250. The fourth-order valence-electron chi connectivity index (χ4n) is 2.00. The molecule has 106 valence electrons. The zero-order valence-electron chi connectivity index (χ0n) is 12.4. The van der Waals surface area contributed by atoms with Crippen LogP contribution in [0.3, 0.4) is 0 Å². The van der Waals surface area contributed by atoms with Crippen molar-refractivity contribution in [1.82, 2.24) is 15.5 Å². The van der Waals surface area contributed by atoms with Crippen molar-refractivity contribution in [3.05, 3.63) is 0 Å².